The van der Waals surface area contributed by atoms with Crippen LogP contribution in [0.1, 0.15) is 11.1 Å². The number of benzene rings is 3. The van der Waals surface area contributed by atoms with Gasteiger partial charge in [-0.3, -0.25) is 9.10 Å². The van der Waals surface area contributed by atoms with Gasteiger partial charge in [-0.1, -0.05) is 23.7 Å². The van der Waals surface area contributed by atoms with Crippen LogP contribution in [-0.2, 0) is 14.8 Å². The molecule has 1 heterocycles. The van der Waals surface area contributed by atoms with Crippen molar-refractivity contribution in [2.75, 3.05) is 56.1 Å². The Morgan fingerprint density at radius 1 is 0.921 bits per heavy atom. The summed E-state index contributed by atoms with van der Waals surface area (Å²) in [5.41, 5.74) is 3.95. The van der Waals surface area contributed by atoms with E-state index in [-0.39, 0.29) is 23.1 Å². The first-order chi connectivity index (χ1) is 18.1. The average Bonchev–Trinajstić information content (AvgIpc) is 2.93. The molecule has 0 N–H and O–H groups in total. The van der Waals surface area contributed by atoms with E-state index in [2.05, 4.69) is 30.9 Å². The zero-order valence-electron chi connectivity index (χ0n) is 22.0. The molecule has 0 bridgehead atoms. The number of hydrogen-bond donors (Lipinski definition) is 0. The Morgan fingerprint density at radius 3 is 2.21 bits per heavy atom. The minimum Gasteiger partial charge on any atom is -0.493 e. The summed E-state index contributed by atoms with van der Waals surface area (Å²) in [5, 5.41) is 0.464. The molecule has 202 valence electrons. The molecule has 1 aliphatic rings. The standard InChI is InChI=1S/C28H32ClN3O5S/c1-20-6-5-7-25(21(20)2)30-14-16-31(17-15-30)28(33)19-32(23-10-8-22(29)9-11-23)38(34,35)24-12-13-26(36-3)27(18-24)37-4/h5-13,18H,14-17,19H2,1-4H3. The fourth-order valence-electron chi connectivity index (χ4n) is 4.52. The van der Waals surface area contributed by atoms with E-state index in [0.29, 0.717) is 42.6 Å². The van der Waals surface area contributed by atoms with Crippen LogP contribution in [0, 0.1) is 13.8 Å². The Kier molecular flexibility index (Phi) is 8.38. The summed E-state index contributed by atoms with van der Waals surface area (Å²) in [5.74, 6) is 0.408. The van der Waals surface area contributed by atoms with Crippen LogP contribution in [0.3, 0.4) is 0 Å². The second kappa shape index (κ2) is 11.5. The lowest BCUT2D eigenvalue weighted by Gasteiger charge is -2.38. The maximum absolute atomic E-state index is 13.8. The van der Waals surface area contributed by atoms with Gasteiger partial charge in [0, 0.05) is 43.0 Å². The number of amides is 1. The van der Waals surface area contributed by atoms with E-state index in [1.54, 1.807) is 29.2 Å². The number of ether oxygens (including phenoxy) is 2. The number of methoxy groups -OCH3 is 2. The zero-order chi connectivity index (χ0) is 27.4. The second-order valence-electron chi connectivity index (χ2n) is 9.09. The fourth-order valence-corrected chi connectivity index (χ4v) is 6.08. The third kappa shape index (κ3) is 5.68. The van der Waals surface area contributed by atoms with E-state index >= 15 is 0 Å². The summed E-state index contributed by atoms with van der Waals surface area (Å²) in [7, 11) is -1.21. The maximum Gasteiger partial charge on any atom is 0.264 e. The van der Waals surface area contributed by atoms with Crippen molar-refractivity contribution in [3.63, 3.8) is 0 Å². The van der Waals surface area contributed by atoms with E-state index in [0.717, 1.165) is 9.99 Å². The van der Waals surface area contributed by atoms with Crippen LogP contribution in [0.5, 0.6) is 11.5 Å². The lowest BCUT2D eigenvalue weighted by Crippen LogP contribution is -2.52. The average molecular weight is 558 g/mol. The molecule has 3 aromatic rings. The number of rotatable bonds is 8. The van der Waals surface area contributed by atoms with E-state index < -0.39 is 10.0 Å². The van der Waals surface area contributed by atoms with Crippen molar-refractivity contribution < 1.29 is 22.7 Å². The molecule has 0 aromatic heterocycles. The summed E-state index contributed by atoms with van der Waals surface area (Å²) < 4.78 is 39.3. The number of aryl methyl sites for hydroxylation is 1. The quantitative estimate of drug-likeness (QED) is 0.405. The molecule has 4 rings (SSSR count). The van der Waals surface area contributed by atoms with Gasteiger partial charge < -0.3 is 19.3 Å². The Labute approximate surface area is 229 Å². The topological polar surface area (TPSA) is 79.4 Å². The first-order valence-corrected chi connectivity index (χ1v) is 14.1. The Hall–Kier alpha value is -3.43. The normalized spacial score (nSPS) is 13.8. The molecular weight excluding hydrogens is 526 g/mol. The van der Waals surface area contributed by atoms with Crippen molar-refractivity contribution in [3.8, 4) is 11.5 Å². The number of piperazine rings is 1. The molecule has 0 saturated carbocycles. The molecule has 1 aliphatic heterocycles. The monoisotopic (exact) mass is 557 g/mol. The van der Waals surface area contributed by atoms with Crippen molar-refractivity contribution >= 4 is 38.9 Å². The molecule has 0 atom stereocenters. The van der Waals surface area contributed by atoms with Crippen molar-refractivity contribution in [3.05, 3.63) is 76.8 Å². The lowest BCUT2D eigenvalue weighted by atomic mass is 10.1. The summed E-state index contributed by atoms with van der Waals surface area (Å²) in [6, 6.07) is 17.0. The molecule has 8 nitrogen and oxygen atoms in total. The van der Waals surface area contributed by atoms with Gasteiger partial charge in [-0.25, -0.2) is 8.42 Å². The first-order valence-electron chi connectivity index (χ1n) is 12.2. The highest BCUT2D eigenvalue weighted by Gasteiger charge is 2.31. The number of halogens is 1. The number of carbonyl (C=O) groups excluding carboxylic acids is 1. The van der Waals surface area contributed by atoms with Crippen molar-refractivity contribution in [2.24, 2.45) is 0 Å². The number of nitrogens with zero attached hydrogens (tertiary/aromatic N) is 3. The number of sulfonamides is 1. The molecule has 38 heavy (non-hydrogen) atoms. The van der Waals surface area contributed by atoms with Gasteiger partial charge >= 0.3 is 0 Å². The van der Waals surface area contributed by atoms with Gasteiger partial charge in [0.15, 0.2) is 11.5 Å². The summed E-state index contributed by atoms with van der Waals surface area (Å²) in [6.45, 7) is 6.17. The molecular formula is C28H32ClN3O5S. The highest BCUT2D eigenvalue weighted by Crippen LogP contribution is 2.33. The first kappa shape index (κ1) is 27.6. The molecule has 1 saturated heterocycles. The van der Waals surface area contributed by atoms with Crippen molar-refractivity contribution in [2.45, 2.75) is 18.7 Å². The van der Waals surface area contributed by atoms with E-state index in [9.17, 15) is 13.2 Å². The molecule has 0 unspecified atom stereocenters. The van der Waals surface area contributed by atoms with Crippen LogP contribution >= 0.6 is 11.6 Å². The van der Waals surface area contributed by atoms with Gasteiger partial charge in [0.2, 0.25) is 5.91 Å². The Morgan fingerprint density at radius 2 is 1.58 bits per heavy atom. The summed E-state index contributed by atoms with van der Waals surface area (Å²) in [6.07, 6.45) is 0. The molecule has 0 spiro atoms. The van der Waals surface area contributed by atoms with E-state index in [1.807, 2.05) is 6.07 Å². The lowest BCUT2D eigenvalue weighted by molar-refractivity contribution is -0.129. The third-order valence-electron chi connectivity index (χ3n) is 6.89. The van der Waals surface area contributed by atoms with Gasteiger partial charge in [0.1, 0.15) is 6.54 Å². The van der Waals surface area contributed by atoms with Crippen LogP contribution in [-0.4, -0.2) is 66.2 Å². The molecule has 0 aliphatic carbocycles. The van der Waals surface area contributed by atoms with Crippen LogP contribution in [0.25, 0.3) is 0 Å². The smallest absolute Gasteiger partial charge is 0.264 e. The fraction of sp³-hybridized carbons (Fsp3) is 0.321. The number of anilines is 2. The number of carbonyl (C=O) groups is 1. The van der Waals surface area contributed by atoms with Gasteiger partial charge in [0.05, 0.1) is 24.8 Å². The molecule has 10 heteroatoms. The van der Waals surface area contributed by atoms with Gasteiger partial charge in [-0.05, 0) is 67.4 Å². The Balaban J connectivity index is 1.57. The Bertz CT molecular complexity index is 1400. The second-order valence-corrected chi connectivity index (χ2v) is 11.4. The van der Waals surface area contributed by atoms with Gasteiger partial charge in [-0.15, -0.1) is 0 Å². The minimum absolute atomic E-state index is 0.0161. The molecule has 3 aromatic carbocycles. The van der Waals surface area contributed by atoms with Crippen LogP contribution in [0.2, 0.25) is 5.02 Å². The molecule has 1 amide bonds. The maximum atomic E-state index is 13.8. The highest BCUT2D eigenvalue weighted by atomic mass is 35.5. The number of hydrogen-bond acceptors (Lipinski definition) is 6. The van der Waals surface area contributed by atoms with Crippen LogP contribution in [0.4, 0.5) is 11.4 Å². The highest BCUT2D eigenvalue weighted by molar-refractivity contribution is 7.92. The summed E-state index contributed by atoms with van der Waals surface area (Å²) in [4.78, 5) is 17.4. The minimum atomic E-state index is -4.13. The SMILES string of the molecule is COc1ccc(S(=O)(=O)N(CC(=O)N2CCN(c3cccc(C)c3C)CC2)c2ccc(Cl)cc2)cc1OC. The predicted octanol–water partition coefficient (Wildman–Crippen LogP) is 4.52. The van der Waals surface area contributed by atoms with Crippen LogP contribution in [0.15, 0.2) is 65.6 Å². The van der Waals surface area contributed by atoms with E-state index in [4.69, 9.17) is 21.1 Å². The predicted molar refractivity (Wildman–Crippen MR) is 150 cm³/mol. The third-order valence-corrected chi connectivity index (χ3v) is 8.91. The van der Waals surface area contributed by atoms with Crippen molar-refractivity contribution in [1.82, 2.24) is 4.90 Å². The van der Waals surface area contributed by atoms with Crippen LogP contribution < -0.4 is 18.7 Å². The largest absolute Gasteiger partial charge is 0.493 e. The summed E-state index contributed by atoms with van der Waals surface area (Å²) >= 11 is 6.05. The molecule has 1 fully saturated rings. The van der Waals surface area contributed by atoms with Gasteiger partial charge in [-0.2, -0.15) is 0 Å². The van der Waals surface area contributed by atoms with E-state index in [1.165, 1.54) is 43.5 Å². The van der Waals surface area contributed by atoms with Crippen molar-refractivity contribution in [1.29, 1.82) is 0 Å². The molecule has 0 radical (unpaired) electrons. The zero-order valence-corrected chi connectivity index (χ0v) is 23.6. The van der Waals surface area contributed by atoms with Gasteiger partial charge in [0.25, 0.3) is 10.0 Å².